The Morgan fingerprint density at radius 2 is 1.50 bits per heavy atom. The van der Waals surface area contributed by atoms with E-state index in [0.717, 1.165) is 0 Å². The summed E-state index contributed by atoms with van der Waals surface area (Å²) in [6.07, 6.45) is 0. The van der Waals surface area contributed by atoms with Crippen LogP contribution in [0.15, 0.2) is 0 Å². The Labute approximate surface area is 115 Å². The van der Waals surface area contributed by atoms with Gasteiger partial charge in [-0.15, -0.1) is 0 Å². The molecule has 0 aliphatic carbocycles. The zero-order valence-electron chi connectivity index (χ0n) is 2.89. The van der Waals surface area contributed by atoms with E-state index in [2.05, 4.69) is 10.7 Å². The molecule has 0 atom stereocenters. The first-order valence-corrected chi connectivity index (χ1v) is 1.14. The molecule has 0 aromatic carbocycles. The Kier molecular flexibility index (Phi) is 45.5. The molecule has 0 saturated carbocycles. The topological polar surface area (TPSA) is 52.3 Å². The van der Waals surface area contributed by atoms with Crippen LogP contribution in [0.25, 0.3) is 0 Å². The third-order valence-electron chi connectivity index (χ3n) is 0.166. The van der Waals surface area contributed by atoms with Gasteiger partial charge in [-0.1, -0.05) is 0 Å². The van der Waals surface area contributed by atoms with E-state index in [9.17, 15) is 4.79 Å². The summed E-state index contributed by atoms with van der Waals surface area (Å²) in [5, 5.41) is 0. The van der Waals surface area contributed by atoms with Crippen LogP contribution in [0.4, 0.5) is 0 Å². The summed E-state index contributed by atoms with van der Waals surface area (Å²) in [4.78, 5) is 13.1. The molecule has 0 unspecified atom stereocenters. The molecule has 0 fully saturated rings. The fourth-order valence-corrected chi connectivity index (χ4v) is 0. The summed E-state index contributed by atoms with van der Waals surface area (Å²) < 4.78 is 0. The number of carbonyl (C=O) groups is 1. The molecule has 0 aromatic heterocycles. The van der Waals surface area contributed by atoms with Crippen molar-refractivity contribution in [3.63, 3.8) is 0 Å². The van der Waals surface area contributed by atoms with Crippen LogP contribution in [-0.2, 0) is 9.63 Å². The number of hydrogen-bond donors (Lipinski definition) is 1. The first-order chi connectivity index (χ1) is 2.27. The summed E-state index contributed by atoms with van der Waals surface area (Å²) >= 11 is 0. The van der Waals surface area contributed by atoms with Crippen molar-refractivity contribution in [2.45, 2.75) is 6.92 Å². The van der Waals surface area contributed by atoms with Crippen molar-refractivity contribution in [3.05, 3.63) is 0 Å². The SMILES string of the molecule is CC(=O)ON.[NaH].[NaH].[NaH]. The quantitative estimate of drug-likeness (QED) is 0.304. The Morgan fingerprint density at radius 1 is 1.38 bits per heavy atom. The van der Waals surface area contributed by atoms with E-state index >= 15 is 0 Å². The second-order valence-electron chi connectivity index (χ2n) is 0.609. The second-order valence-corrected chi connectivity index (χ2v) is 0.609. The van der Waals surface area contributed by atoms with Gasteiger partial charge in [0.15, 0.2) is 0 Å². The molecule has 0 saturated heterocycles. The average Bonchev–Trinajstić information content (AvgIpc) is 1.38. The predicted octanol–water partition coefficient (Wildman–Crippen LogP) is -2.52. The van der Waals surface area contributed by atoms with Gasteiger partial charge in [-0.05, 0) is 0 Å². The van der Waals surface area contributed by atoms with Crippen molar-refractivity contribution in [1.82, 2.24) is 0 Å². The average molecular weight is 147 g/mol. The fourth-order valence-electron chi connectivity index (χ4n) is 0. The van der Waals surface area contributed by atoms with E-state index in [1.165, 1.54) is 6.92 Å². The molecule has 0 aliphatic heterocycles. The summed E-state index contributed by atoms with van der Waals surface area (Å²) in [6, 6.07) is 0. The maximum atomic E-state index is 9.47. The van der Waals surface area contributed by atoms with Gasteiger partial charge in [0.05, 0.1) is 0 Å². The van der Waals surface area contributed by atoms with E-state index in [-0.39, 0.29) is 88.7 Å². The van der Waals surface area contributed by atoms with E-state index in [1.54, 1.807) is 0 Å². The van der Waals surface area contributed by atoms with Gasteiger partial charge in [-0.2, -0.15) is 5.90 Å². The third-order valence-corrected chi connectivity index (χ3v) is 0.166. The first kappa shape index (κ1) is 22.4. The minimum atomic E-state index is -0.468. The molecule has 0 aliphatic rings. The van der Waals surface area contributed by atoms with Crippen molar-refractivity contribution in [2.75, 3.05) is 0 Å². The maximum absolute atomic E-state index is 9.47. The van der Waals surface area contributed by atoms with Gasteiger partial charge in [0.1, 0.15) is 0 Å². The van der Waals surface area contributed by atoms with Crippen LogP contribution in [0.3, 0.4) is 0 Å². The van der Waals surface area contributed by atoms with Crippen molar-refractivity contribution in [3.8, 4) is 0 Å². The van der Waals surface area contributed by atoms with Crippen molar-refractivity contribution < 1.29 is 9.63 Å². The molecule has 0 radical (unpaired) electrons. The van der Waals surface area contributed by atoms with Crippen LogP contribution in [0.1, 0.15) is 6.92 Å². The summed E-state index contributed by atoms with van der Waals surface area (Å²) in [7, 11) is 0. The molecule has 0 bridgehead atoms. The van der Waals surface area contributed by atoms with Crippen molar-refractivity contribution in [2.24, 2.45) is 5.90 Å². The van der Waals surface area contributed by atoms with Gasteiger partial charge in [-0.3, -0.25) is 4.79 Å². The molecule has 2 N–H and O–H groups in total. The Hall–Kier alpha value is 2.43. The van der Waals surface area contributed by atoms with Crippen molar-refractivity contribution >= 4 is 94.6 Å². The minimum absolute atomic E-state index is 0. The van der Waals surface area contributed by atoms with Gasteiger partial charge in [-0.25, -0.2) is 0 Å². The van der Waals surface area contributed by atoms with Gasteiger partial charge in [0.2, 0.25) is 0 Å². The summed E-state index contributed by atoms with van der Waals surface area (Å²) in [6.45, 7) is 1.24. The standard InChI is InChI=1S/C2H5NO2.3Na.3H/c1-2(4)5-3;;;;;;/h3H2,1H3;;;;;;. The molecule has 0 amide bonds. The summed E-state index contributed by atoms with van der Waals surface area (Å²) in [5.74, 6) is 3.85. The Balaban J connectivity index is -0.0000000267. The van der Waals surface area contributed by atoms with Crippen LogP contribution >= 0.6 is 0 Å². The van der Waals surface area contributed by atoms with E-state index < -0.39 is 5.97 Å². The van der Waals surface area contributed by atoms with Crippen molar-refractivity contribution in [1.29, 1.82) is 0 Å². The molecule has 0 rings (SSSR count). The second kappa shape index (κ2) is 16.2. The molecule has 0 aromatic rings. The molecule has 36 valence electrons. The monoisotopic (exact) mass is 147 g/mol. The van der Waals surface area contributed by atoms with Crippen LogP contribution in [0.5, 0.6) is 0 Å². The van der Waals surface area contributed by atoms with E-state index in [1.807, 2.05) is 0 Å². The van der Waals surface area contributed by atoms with Crippen LogP contribution in [-0.4, -0.2) is 94.6 Å². The first-order valence-electron chi connectivity index (χ1n) is 1.14. The molecule has 3 nitrogen and oxygen atoms in total. The summed E-state index contributed by atoms with van der Waals surface area (Å²) in [5.41, 5.74) is 0. The predicted molar refractivity (Wildman–Crippen MR) is 37.4 cm³/mol. The number of nitrogens with two attached hydrogens (primary N) is 1. The molecule has 6 heteroatoms. The molecular formula is C2H8NNa3O2. The zero-order chi connectivity index (χ0) is 4.28. The van der Waals surface area contributed by atoms with Gasteiger partial charge < -0.3 is 4.84 Å². The fraction of sp³-hybridized carbons (Fsp3) is 0.500. The Bertz CT molecular complexity index is 50.5. The normalized spacial score (nSPS) is 4.25. The number of rotatable bonds is 0. The van der Waals surface area contributed by atoms with Gasteiger partial charge in [0.25, 0.3) is 0 Å². The molecule has 0 heterocycles. The van der Waals surface area contributed by atoms with Gasteiger partial charge >= 0.3 is 94.6 Å². The van der Waals surface area contributed by atoms with Crippen LogP contribution in [0.2, 0.25) is 0 Å². The molecule has 8 heavy (non-hydrogen) atoms. The Morgan fingerprint density at radius 3 is 1.50 bits per heavy atom. The molecule has 0 spiro atoms. The number of carbonyl (C=O) groups excluding carboxylic acids is 1. The van der Waals surface area contributed by atoms with E-state index in [0.29, 0.717) is 0 Å². The van der Waals surface area contributed by atoms with Crippen LogP contribution < -0.4 is 5.90 Å². The molecular weight excluding hydrogens is 139 g/mol. The number of hydrogen-bond acceptors (Lipinski definition) is 3. The van der Waals surface area contributed by atoms with Crippen LogP contribution in [0, 0.1) is 0 Å². The third kappa shape index (κ3) is 23.7. The van der Waals surface area contributed by atoms with E-state index in [4.69, 9.17) is 0 Å². The van der Waals surface area contributed by atoms with Gasteiger partial charge in [0, 0.05) is 6.92 Å². The zero-order valence-corrected chi connectivity index (χ0v) is 2.89.